The normalized spacial score (nSPS) is 21.6. The van der Waals surface area contributed by atoms with Gasteiger partial charge in [-0.1, -0.05) is 18.5 Å². The molecule has 0 aromatic heterocycles. The Morgan fingerprint density at radius 3 is 2.71 bits per heavy atom. The maximum absolute atomic E-state index is 11.5. The summed E-state index contributed by atoms with van der Waals surface area (Å²) in [6.45, 7) is 4.64. The molecule has 0 radical (unpaired) electrons. The van der Waals surface area contributed by atoms with Crippen molar-refractivity contribution < 1.29 is 14.8 Å². The van der Waals surface area contributed by atoms with Gasteiger partial charge in [-0.05, 0) is 31.4 Å². The summed E-state index contributed by atoms with van der Waals surface area (Å²) >= 11 is 5.96. The minimum absolute atomic E-state index is 0.0740. The number of benzene rings is 1. The zero-order chi connectivity index (χ0) is 15.8. The molecular weight excluding hydrogens is 296 g/mol. The van der Waals surface area contributed by atoms with Gasteiger partial charge < -0.3 is 10.0 Å². The van der Waals surface area contributed by atoms with Crippen LogP contribution < -0.4 is 4.90 Å². The first kappa shape index (κ1) is 15.6. The standard InChI is InChI=1S/C14H17ClN2O4/c1-3-14(13(18)19)4-5-16(8-14)11-7-10(15)12(17(20)21)6-9(11)2/h6-7H,3-5,8H2,1-2H3,(H,18,19). The summed E-state index contributed by atoms with van der Waals surface area (Å²) in [5.41, 5.74) is 0.614. The van der Waals surface area contributed by atoms with Crippen LogP contribution in [0.4, 0.5) is 11.4 Å². The number of carboxylic acids is 1. The number of nitrogens with zero attached hydrogens (tertiary/aromatic N) is 2. The monoisotopic (exact) mass is 312 g/mol. The number of aliphatic carboxylic acids is 1. The zero-order valence-corrected chi connectivity index (χ0v) is 12.7. The van der Waals surface area contributed by atoms with Gasteiger partial charge in [0.1, 0.15) is 5.02 Å². The Balaban J connectivity index is 2.35. The van der Waals surface area contributed by atoms with E-state index in [0.29, 0.717) is 25.9 Å². The van der Waals surface area contributed by atoms with Gasteiger partial charge in [0.2, 0.25) is 0 Å². The minimum Gasteiger partial charge on any atom is -0.481 e. The lowest BCUT2D eigenvalue weighted by atomic mass is 9.84. The summed E-state index contributed by atoms with van der Waals surface area (Å²) < 4.78 is 0. The Hall–Kier alpha value is -1.82. The molecule has 7 heteroatoms. The van der Waals surface area contributed by atoms with Gasteiger partial charge in [-0.15, -0.1) is 0 Å². The van der Waals surface area contributed by atoms with E-state index in [-0.39, 0.29) is 10.7 Å². The number of nitro groups is 1. The number of halogens is 1. The second-order valence-electron chi connectivity index (χ2n) is 5.46. The van der Waals surface area contributed by atoms with E-state index in [1.807, 2.05) is 11.8 Å². The molecule has 2 rings (SSSR count). The Morgan fingerprint density at radius 2 is 2.24 bits per heavy atom. The minimum atomic E-state index is -0.793. The van der Waals surface area contributed by atoms with E-state index in [1.54, 1.807) is 13.0 Å². The Kier molecular flexibility index (Phi) is 4.09. The van der Waals surface area contributed by atoms with Gasteiger partial charge in [0.15, 0.2) is 0 Å². The van der Waals surface area contributed by atoms with Gasteiger partial charge in [-0.25, -0.2) is 0 Å². The summed E-state index contributed by atoms with van der Waals surface area (Å²) in [5.74, 6) is -0.793. The largest absolute Gasteiger partial charge is 0.481 e. The molecule has 114 valence electrons. The first-order chi connectivity index (χ1) is 9.80. The van der Waals surface area contributed by atoms with Crippen LogP contribution in [0.1, 0.15) is 25.3 Å². The van der Waals surface area contributed by atoms with Crippen LogP contribution in [0.25, 0.3) is 0 Å². The lowest BCUT2D eigenvalue weighted by Gasteiger charge is -2.25. The second kappa shape index (κ2) is 5.52. The highest BCUT2D eigenvalue weighted by Gasteiger charge is 2.43. The molecule has 1 unspecified atom stereocenters. The van der Waals surface area contributed by atoms with Crippen molar-refractivity contribution in [3.63, 3.8) is 0 Å². The molecule has 1 aromatic carbocycles. The molecule has 1 heterocycles. The topological polar surface area (TPSA) is 83.7 Å². The van der Waals surface area contributed by atoms with Crippen molar-refractivity contribution in [3.05, 3.63) is 32.8 Å². The third-order valence-electron chi connectivity index (χ3n) is 4.29. The van der Waals surface area contributed by atoms with Crippen LogP contribution in [-0.2, 0) is 4.79 Å². The van der Waals surface area contributed by atoms with E-state index in [4.69, 9.17) is 11.6 Å². The van der Waals surface area contributed by atoms with E-state index in [1.165, 1.54) is 6.07 Å². The van der Waals surface area contributed by atoms with Crippen molar-refractivity contribution in [1.82, 2.24) is 0 Å². The van der Waals surface area contributed by atoms with E-state index < -0.39 is 16.3 Å². The van der Waals surface area contributed by atoms with Crippen LogP contribution in [0.3, 0.4) is 0 Å². The number of hydrogen-bond acceptors (Lipinski definition) is 4. The predicted octanol–water partition coefficient (Wildman–Crippen LogP) is 3.25. The molecule has 0 amide bonds. The summed E-state index contributed by atoms with van der Waals surface area (Å²) in [5, 5.41) is 20.4. The Morgan fingerprint density at radius 1 is 1.57 bits per heavy atom. The molecule has 1 aromatic rings. The molecule has 0 saturated carbocycles. The number of carboxylic acid groups (broad SMARTS) is 1. The molecule has 1 aliphatic heterocycles. The van der Waals surface area contributed by atoms with Crippen molar-refractivity contribution in [2.75, 3.05) is 18.0 Å². The van der Waals surface area contributed by atoms with Gasteiger partial charge in [-0.2, -0.15) is 0 Å². The fourth-order valence-electron chi connectivity index (χ4n) is 2.83. The number of anilines is 1. The third-order valence-corrected chi connectivity index (χ3v) is 4.59. The molecule has 0 bridgehead atoms. The van der Waals surface area contributed by atoms with Crippen LogP contribution in [0, 0.1) is 22.5 Å². The highest BCUT2D eigenvalue weighted by atomic mass is 35.5. The van der Waals surface area contributed by atoms with Crippen LogP contribution in [0.15, 0.2) is 12.1 Å². The van der Waals surface area contributed by atoms with Crippen LogP contribution >= 0.6 is 11.6 Å². The van der Waals surface area contributed by atoms with E-state index in [2.05, 4.69) is 0 Å². The van der Waals surface area contributed by atoms with Crippen LogP contribution in [-0.4, -0.2) is 29.1 Å². The van der Waals surface area contributed by atoms with Crippen molar-refractivity contribution in [1.29, 1.82) is 0 Å². The zero-order valence-electron chi connectivity index (χ0n) is 11.9. The van der Waals surface area contributed by atoms with E-state index in [9.17, 15) is 20.0 Å². The van der Waals surface area contributed by atoms with Gasteiger partial charge in [0, 0.05) is 24.8 Å². The number of aryl methyl sites for hydroxylation is 1. The van der Waals surface area contributed by atoms with Gasteiger partial charge in [-0.3, -0.25) is 14.9 Å². The van der Waals surface area contributed by atoms with Crippen LogP contribution in [0.2, 0.25) is 5.02 Å². The first-order valence-electron chi connectivity index (χ1n) is 6.73. The van der Waals surface area contributed by atoms with E-state index in [0.717, 1.165) is 11.3 Å². The Bertz CT molecular complexity index is 605. The number of nitro benzene ring substituents is 1. The van der Waals surface area contributed by atoms with Gasteiger partial charge >= 0.3 is 5.97 Å². The fourth-order valence-corrected chi connectivity index (χ4v) is 3.06. The summed E-state index contributed by atoms with van der Waals surface area (Å²) in [6, 6.07) is 2.99. The molecule has 21 heavy (non-hydrogen) atoms. The smallest absolute Gasteiger partial charge is 0.311 e. The fraction of sp³-hybridized carbons (Fsp3) is 0.500. The van der Waals surface area contributed by atoms with Gasteiger partial charge in [0.05, 0.1) is 10.3 Å². The van der Waals surface area contributed by atoms with Crippen molar-refractivity contribution in [2.45, 2.75) is 26.7 Å². The molecule has 1 saturated heterocycles. The van der Waals surface area contributed by atoms with Crippen molar-refractivity contribution in [2.24, 2.45) is 5.41 Å². The number of hydrogen-bond donors (Lipinski definition) is 1. The predicted molar refractivity (Wildman–Crippen MR) is 80.0 cm³/mol. The molecule has 1 N–H and O–H groups in total. The highest BCUT2D eigenvalue weighted by molar-refractivity contribution is 6.33. The maximum atomic E-state index is 11.5. The first-order valence-corrected chi connectivity index (χ1v) is 7.11. The lowest BCUT2D eigenvalue weighted by molar-refractivity contribution is -0.384. The van der Waals surface area contributed by atoms with E-state index >= 15 is 0 Å². The molecule has 0 aliphatic carbocycles. The molecule has 1 atom stereocenters. The third kappa shape index (κ3) is 2.68. The average molecular weight is 313 g/mol. The quantitative estimate of drug-likeness (QED) is 0.681. The maximum Gasteiger partial charge on any atom is 0.311 e. The van der Waals surface area contributed by atoms with Gasteiger partial charge in [0.25, 0.3) is 5.69 Å². The number of rotatable bonds is 4. The second-order valence-corrected chi connectivity index (χ2v) is 5.87. The average Bonchev–Trinajstić information content (AvgIpc) is 2.86. The lowest BCUT2D eigenvalue weighted by Crippen LogP contribution is -2.34. The Labute approximate surface area is 127 Å². The molecule has 0 spiro atoms. The molecular formula is C14H17ClN2O4. The summed E-state index contributed by atoms with van der Waals surface area (Å²) in [7, 11) is 0. The summed E-state index contributed by atoms with van der Waals surface area (Å²) in [6.07, 6.45) is 1.12. The molecule has 6 nitrogen and oxygen atoms in total. The van der Waals surface area contributed by atoms with Crippen molar-refractivity contribution >= 4 is 28.9 Å². The molecule has 1 fully saturated rings. The SMILES string of the molecule is CCC1(C(=O)O)CCN(c2cc(Cl)c([N+](=O)[O-])cc2C)C1. The number of carbonyl (C=O) groups is 1. The highest BCUT2D eigenvalue weighted by Crippen LogP contribution is 2.40. The van der Waals surface area contributed by atoms with Crippen molar-refractivity contribution in [3.8, 4) is 0 Å². The van der Waals surface area contributed by atoms with Crippen LogP contribution in [0.5, 0.6) is 0 Å². The summed E-state index contributed by atoms with van der Waals surface area (Å²) in [4.78, 5) is 23.8. The molecule has 1 aliphatic rings.